The van der Waals surface area contributed by atoms with E-state index in [2.05, 4.69) is 10.2 Å². The molecular formula is C8H8FN3. The van der Waals surface area contributed by atoms with Crippen LogP contribution in [0.4, 0.5) is 4.39 Å². The first kappa shape index (κ1) is 7.24. The lowest BCUT2D eigenvalue weighted by Crippen LogP contribution is -1.97. The summed E-state index contributed by atoms with van der Waals surface area (Å²) < 4.78 is 13.0. The summed E-state index contributed by atoms with van der Waals surface area (Å²) in [5.74, 6) is -0.268. The van der Waals surface area contributed by atoms with Crippen molar-refractivity contribution in [1.82, 2.24) is 10.2 Å². The van der Waals surface area contributed by atoms with Crippen molar-refractivity contribution in [3.63, 3.8) is 0 Å². The van der Waals surface area contributed by atoms with Gasteiger partial charge in [-0.3, -0.25) is 5.10 Å². The molecule has 0 saturated heterocycles. The summed E-state index contributed by atoms with van der Waals surface area (Å²) in [6.07, 6.45) is 1.46. The van der Waals surface area contributed by atoms with Crippen LogP contribution in [-0.4, -0.2) is 10.2 Å². The number of nitrogens with one attached hydrogen (secondary N) is 1. The summed E-state index contributed by atoms with van der Waals surface area (Å²) in [4.78, 5) is 0. The fraction of sp³-hybridized carbons (Fsp3) is 0.125. The van der Waals surface area contributed by atoms with Gasteiger partial charge in [0.15, 0.2) is 0 Å². The van der Waals surface area contributed by atoms with E-state index in [1.54, 1.807) is 6.07 Å². The maximum atomic E-state index is 13.0. The quantitative estimate of drug-likeness (QED) is 0.666. The van der Waals surface area contributed by atoms with E-state index in [-0.39, 0.29) is 5.82 Å². The number of aromatic amines is 1. The van der Waals surface area contributed by atoms with Crippen LogP contribution in [0.25, 0.3) is 10.9 Å². The van der Waals surface area contributed by atoms with Gasteiger partial charge in [-0.25, -0.2) is 4.39 Å². The highest BCUT2D eigenvalue weighted by atomic mass is 19.1. The fourth-order valence-electron chi connectivity index (χ4n) is 1.23. The lowest BCUT2D eigenvalue weighted by molar-refractivity contribution is 0.639. The molecule has 0 unspecified atom stereocenters. The zero-order valence-corrected chi connectivity index (χ0v) is 6.34. The monoisotopic (exact) mass is 165 g/mol. The van der Waals surface area contributed by atoms with Crippen molar-refractivity contribution in [3.8, 4) is 0 Å². The molecule has 1 heterocycles. The Hall–Kier alpha value is -1.42. The largest absolute Gasteiger partial charge is 0.326 e. The summed E-state index contributed by atoms with van der Waals surface area (Å²) >= 11 is 0. The molecule has 0 aliphatic carbocycles. The molecule has 0 bridgehead atoms. The maximum Gasteiger partial charge on any atom is 0.134 e. The Morgan fingerprint density at radius 2 is 2.33 bits per heavy atom. The second-order valence-corrected chi connectivity index (χ2v) is 2.57. The Morgan fingerprint density at radius 3 is 3.08 bits per heavy atom. The normalized spacial score (nSPS) is 10.8. The Labute approximate surface area is 68.4 Å². The molecule has 3 N–H and O–H groups in total. The highest BCUT2D eigenvalue weighted by Gasteiger charge is 2.05. The van der Waals surface area contributed by atoms with Crippen LogP contribution >= 0.6 is 0 Å². The zero-order valence-electron chi connectivity index (χ0n) is 6.34. The molecule has 0 radical (unpaired) electrons. The first-order chi connectivity index (χ1) is 5.83. The number of hydrogen-bond donors (Lipinski definition) is 2. The minimum Gasteiger partial charge on any atom is -0.326 e. The predicted molar refractivity (Wildman–Crippen MR) is 43.9 cm³/mol. The number of hydrogen-bond acceptors (Lipinski definition) is 2. The molecule has 0 fully saturated rings. The summed E-state index contributed by atoms with van der Waals surface area (Å²) in [5.41, 5.74) is 7.03. The second kappa shape index (κ2) is 2.57. The molecule has 0 saturated carbocycles. The van der Waals surface area contributed by atoms with Crippen LogP contribution in [0, 0.1) is 5.82 Å². The average molecular weight is 165 g/mol. The number of nitrogens with zero attached hydrogens (tertiary/aromatic N) is 1. The van der Waals surface area contributed by atoms with E-state index in [0.717, 1.165) is 5.56 Å². The molecule has 4 heteroatoms. The van der Waals surface area contributed by atoms with Gasteiger partial charge >= 0.3 is 0 Å². The number of benzene rings is 1. The van der Waals surface area contributed by atoms with Crippen LogP contribution in [0.2, 0.25) is 0 Å². The van der Waals surface area contributed by atoms with Gasteiger partial charge in [-0.15, -0.1) is 0 Å². The van der Waals surface area contributed by atoms with Crippen LogP contribution in [0.3, 0.4) is 0 Å². The Bertz CT molecular complexity index is 408. The number of aromatic nitrogens is 2. The molecule has 1 aromatic heterocycles. The van der Waals surface area contributed by atoms with Gasteiger partial charge in [0.1, 0.15) is 5.82 Å². The van der Waals surface area contributed by atoms with Gasteiger partial charge < -0.3 is 5.73 Å². The fourth-order valence-corrected chi connectivity index (χ4v) is 1.23. The molecule has 0 aliphatic rings. The van der Waals surface area contributed by atoms with Crippen molar-refractivity contribution in [1.29, 1.82) is 0 Å². The number of H-pyrrole nitrogens is 1. The Balaban J connectivity index is 2.82. The number of nitrogens with two attached hydrogens (primary N) is 1. The third kappa shape index (κ3) is 0.887. The lowest BCUT2D eigenvalue weighted by Gasteiger charge is -1.98. The van der Waals surface area contributed by atoms with E-state index in [1.165, 1.54) is 12.3 Å². The van der Waals surface area contributed by atoms with Crippen molar-refractivity contribution in [2.45, 2.75) is 6.54 Å². The molecule has 0 spiro atoms. The summed E-state index contributed by atoms with van der Waals surface area (Å²) in [5, 5.41) is 6.96. The van der Waals surface area contributed by atoms with Crippen molar-refractivity contribution >= 4 is 10.9 Å². The van der Waals surface area contributed by atoms with E-state index >= 15 is 0 Å². The van der Waals surface area contributed by atoms with E-state index in [4.69, 9.17) is 5.73 Å². The third-order valence-electron chi connectivity index (χ3n) is 1.87. The average Bonchev–Trinajstić information content (AvgIpc) is 2.54. The van der Waals surface area contributed by atoms with Gasteiger partial charge in [0, 0.05) is 6.54 Å². The van der Waals surface area contributed by atoms with Gasteiger partial charge in [-0.05, 0) is 11.6 Å². The summed E-state index contributed by atoms with van der Waals surface area (Å²) in [7, 11) is 0. The van der Waals surface area contributed by atoms with E-state index in [9.17, 15) is 4.39 Å². The molecule has 62 valence electrons. The summed E-state index contributed by atoms with van der Waals surface area (Å²) in [6.45, 7) is 0.388. The van der Waals surface area contributed by atoms with E-state index in [1.807, 2.05) is 0 Å². The van der Waals surface area contributed by atoms with E-state index < -0.39 is 0 Å². The van der Waals surface area contributed by atoms with Gasteiger partial charge in [0.2, 0.25) is 0 Å². The van der Waals surface area contributed by atoms with Gasteiger partial charge in [-0.1, -0.05) is 6.07 Å². The molecule has 3 nitrogen and oxygen atoms in total. The molecular weight excluding hydrogens is 157 g/mol. The first-order valence-corrected chi connectivity index (χ1v) is 3.63. The van der Waals surface area contributed by atoms with Gasteiger partial charge in [0.25, 0.3) is 0 Å². The zero-order chi connectivity index (χ0) is 8.55. The smallest absolute Gasteiger partial charge is 0.134 e. The van der Waals surface area contributed by atoms with Crippen molar-refractivity contribution in [2.75, 3.05) is 0 Å². The van der Waals surface area contributed by atoms with Gasteiger partial charge in [0.05, 0.1) is 17.1 Å². The van der Waals surface area contributed by atoms with E-state index in [0.29, 0.717) is 17.4 Å². The summed E-state index contributed by atoms with van der Waals surface area (Å²) in [6, 6.07) is 3.07. The van der Waals surface area contributed by atoms with Crippen LogP contribution in [-0.2, 0) is 6.54 Å². The minimum absolute atomic E-state index is 0.268. The minimum atomic E-state index is -0.268. The van der Waals surface area contributed by atoms with Crippen LogP contribution in [0.15, 0.2) is 18.3 Å². The number of fused-ring (bicyclic) bond motifs is 1. The highest BCUT2D eigenvalue weighted by Crippen LogP contribution is 2.18. The predicted octanol–water partition coefficient (Wildman–Crippen LogP) is 1.16. The molecule has 0 amide bonds. The SMILES string of the molecule is NCc1ccc(F)c2cn[nH]c12. The van der Waals surface area contributed by atoms with Crippen LogP contribution < -0.4 is 5.73 Å². The Morgan fingerprint density at radius 1 is 1.50 bits per heavy atom. The highest BCUT2D eigenvalue weighted by molar-refractivity contribution is 5.81. The second-order valence-electron chi connectivity index (χ2n) is 2.57. The molecule has 2 rings (SSSR count). The van der Waals surface area contributed by atoms with Gasteiger partial charge in [-0.2, -0.15) is 5.10 Å². The third-order valence-corrected chi connectivity index (χ3v) is 1.87. The van der Waals surface area contributed by atoms with Crippen LogP contribution in [0.1, 0.15) is 5.56 Å². The number of rotatable bonds is 1. The maximum absolute atomic E-state index is 13.0. The first-order valence-electron chi connectivity index (χ1n) is 3.63. The molecule has 12 heavy (non-hydrogen) atoms. The van der Waals surface area contributed by atoms with Crippen molar-refractivity contribution in [2.24, 2.45) is 5.73 Å². The molecule has 1 aromatic carbocycles. The topological polar surface area (TPSA) is 54.7 Å². The molecule has 0 atom stereocenters. The van der Waals surface area contributed by atoms with Crippen molar-refractivity contribution in [3.05, 3.63) is 29.7 Å². The Kier molecular flexibility index (Phi) is 1.55. The van der Waals surface area contributed by atoms with Crippen LogP contribution in [0.5, 0.6) is 0 Å². The number of halogens is 1. The molecule has 2 aromatic rings. The standard InChI is InChI=1S/C8H8FN3/c9-7-2-1-5(3-10)8-6(7)4-11-12-8/h1-2,4H,3,10H2,(H,11,12). The molecule has 0 aliphatic heterocycles. The van der Waals surface area contributed by atoms with Crippen molar-refractivity contribution < 1.29 is 4.39 Å². The lowest BCUT2D eigenvalue weighted by atomic mass is 10.1.